The van der Waals surface area contributed by atoms with Crippen molar-refractivity contribution in [3.63, 3.8) is 0 Å². The molecule has 0 radical (unpaired) electrons. The molecule has 2 aromatic rings. The summed E-state index contributed by atoms with van der Waals surface area (Å²) in [6, 6.07) is 12.8. The van der Waals surface area contributed by atoms with Gasteiger partial charge in [0.2, 0.25) is 0 Å². The first-order chi connectivity index (χ1) is 15.4. The molecule has 0 spiro atoms. The summed E-state index contributed by atoms with van der Waals surface area (Å²) in [5, 5.41) is 10.1. The number of hydrazone groups is 1. The van der Waals surface area contributed by atoms with Crippen molar-refractivity contribution in [2.24, 2.45) is 11.0 Å². The molecule has 1 amide bonds. The smallest absolute Gasteiger partial charge is 0.282 e. The Morgan fingerprint density at radius 1 is 1.16 bits per heavy atom. The van der Waals surface area contributed by atoms with Crippen LogP contribution in [-0.2, 0) is 9.53 Å². The molecule has 1 saturated heterocycles. The molecule has 170 valence electrons. The number of benzene rings is 2. The van der Waals surface area contributed by atoms with Crippen LogP contribution >= 0.6 is 34.8 Å². The number of hydrazine groups is 1. The minimum Gasteiger partial charge on any atom is -0.383 e. The molecule has 0 bridgehead atoms. The molecule has 0 saturated carbocycles. The van der Waals surface area contributed by atoms with E-state index in [1.807, 2.05) is 42.3 Å². The van der Waals surface area contributed by atoms with Crippen LogP contribution in [0, 0.1) is 5.92 Å². The molecule has 0 aliphatic carbocycles. The van der Waals surface area contributed by atoms with E-state index in [9.17, 15) is 4.79 Å². The molecule has 6 nitrogen and oxygen atoms in total. The van der Waals surface area contributed by atoms with Gasteiger partial charge in [-0.2, -0.15) is 5.10 Å². The van der Waals surface area contributed by atoms with Crippen LogP contribution in [0.3, 0.4) is 0 Å². The number of carbonyl (C=O) groups excluding carboxylic acids is 1. The molecule has 4 rings (SSSR count). The third-order valence-corrected chi connectivity index (χ3v) is 6.76. The first-order valence-corrected chi connectivity index (χ1v) is 11.7. The Morgan fingerprint density at radius 2 is 1.88 bits per heavy atom. The van der Waals surface area contributed by atoms with E-state index in [0.29, 0.717) is 33.1 Å². The molecule has 2 aliphatic heterocycles. The molecule has 3 atom stereocenters. The predicted octanol–water partition coefficient (Wildman–Crippen LogP) is 5.34. The summed E-state index contributed by atoms with van der Waals surface area (Å²) in [4.78, 5) is 13.3. The van der Waals surface area contributed by atoms with Crippen LogP contribution in [-0.4, -0.2) is 42.9 Å². The number of nitrogens with one attached hydrogen (secondary N) is 1. The first-order valence-electron chi connectivity index (χ1n) is 10.5. The zero-order valence-corrected chi connectivity index (χ0v) is 20.2. The summed E-state index contributed by atoms with van der Waals surface area (Å²) in [5.41, 5.74) is 5.16. The van der Waals surface area contributed by atoms with Crippen molar-refractivity contribution in [1.29, 1.82) is 0 Å². The van der Waals surface area contributed by atoms with Crippen LogP contribution in [0.2, 0.25) is 15.1 Å². The first kappa shape index (κ1) is 23.3. The fraction of sp³-hybridized carbons (Fsp3) is 0.391. The second-order valence-electron chi connectivity index (χ2n) is 8.10. The average molecular weight is 496 g/mol. The number of hydrogen-bond donors (Lipinski definition) is 1. The predicted molar refractivity (Wildman–Crippen MR) is 129 cm³/mol. The van der Waals surface area contributed by atoms with Gasteiger partial charge < -0.3 is 4.74 Å². The molecule has 2 aliphatic rings. The fourth-order valence-electron chi connectivity index (χ4n) is 4.38. The largest absolute Gasteiger partial charge is 0.383 e. The third-order valence-electron chi connectivity index (χ3n) is 5.97. The lowest BCUT2D eigenvalue weighted by atomic mass is 9.91. The average Bonchev–Trinajstić information content (AvgIpc) is 3.33. The Balaban J connectivity index is 1.66. The summed E-state index contributed by atoms with van der Waals surface area (Å²) >= 11 is 18.7. The lowest BCUT2D eigenvalue weighted by Crippen LogP contribution is -2.49. The van der Waals surface area contributed by atoms with Crippen molar-refractivity contribution in [3.8, 4) is 0 Å². The van der Waals surface area contributed by atoms with Gasteiger partial charge in [-0.1, -0.05) is 53.9 Å². The van der Waals surface area contributed by atoms with Crippen LogP contribution < -0.4 is 10.4 Å². The summed E-state index contributed by atoms with van der Waals surface area (Å²) in [5.74, 6) is -0.404. The van der Waals surface area contributed by atoms with Crippen molar-refractivity contribution < 1.29 is 9.53 Å². The molecule has 0 aromatic heterocycles. The van der Waals surface area contributed by atoms with E-state index in [1.165, 1.54) is 0 Å². The zero-order valence-electron chi connectivity index (χ0n) is 17.9. The monoisotopic (exact) mass is 494 g/mol. The SMILES string of the molecule is COC[C@H]1CCCN1NC(=O)C1=NN(c2ccc(Cl)cc2Cl)C(c2ccc(Cl)cc2)C1C. The Morgan fingerprint density at radius 3 is 2.56 bits per heavy atom. The molecular formula is C23H25Cl3N4O2. The van der Waals surface area contributed by atoms with E-state index in [2.05, 4.69) is 5.43 Å². The number of nitrogens with zero attached hydrogens (tertiary/aromatic N) is 3. The van der Waals surface area contributed by atoms with Crippen molar-refractivity contribution in [1.82, 2.24) is 10.4 Å². The molecule has 2 aromatic carbocycles. The van der Waals surface area contributed by atoms with Crippen molar-refractivity contribution in [2.45, 2.75) is 31.8 Å². The van der Waals surface area contributed by atoms with E-state index in [1.54, 1.807) is 24.3 Å². The standard InChI is InChI=1S/C23H25Cl3N4O2/c1-14-21(23(31)28-29-11-3-4-18(29)13-32-2)27-30(20-10-9-17(25)12-19(20)26)22(14)15-5-7-16(24)8-6-15/h5-10,12,14,18,22H,3-4,11,13H2,1-2H3,(H,28,31)/t14?,18-,22?/m1/s1. The maximum Gasteiger partial charge on any atom is 0.282 e. The molecule has 9 heteroatoms. The lowest BCUT2D eigenvalue weighted by molar-refractivity contribution is -0.120. The highest BCUT2D eigenvalue weighted by atomic mass is 35.5. The number of rotatable bonds is 6. The number of carbonyl (C=O) groups is 1. The van der Waals surface area contributed by atoms with Crippen LogP contribution in [0.1, 0.15) is 31.4 Å². The fourth-order valence-corrected chi connectivity index (χ4v) is 5.00. The minimum absolute atomic E-state index is 0.162. The number of methoxy groups -OCH3 is 1. The van der Waals surface area contributed by atoms with E-state index < -0.39 is 0 Å². The second-order valence-corrected chi connectivity index (χ2v) is 9.38. The molecule has 2 heterocycles. The third kappa shape index (κ3) is 4.75. The van der Waals surface area contributed by atoms with Crippen LogP contribution in [0.5, 0.6) is 0 Å². The lowest BCUT2D eigenvalue weighted by Gasteiger charge is -2.28. The molecule has 2 unspecified atom stereocenters. The number of hydrogen-bond acceptors (Lipinski definition) is 5. The summed E-state index contributed by atoms with van der Waals surface area (Å²) in [6.45, 7) is 3.36. The van der Waals surface area contributed by atoms with Gasteiger partial charge in [0.15, 0.2) is 0 Å². The highest BCUT2D eigenvalue weighted by Gasteiger charge is 2.41. The van der Waals surface area contributed by atoms with E-state index in [0.717, 1.165) is 24.9 Å². The molecular weight excluding hydrogens is 471 g/mol. The normalized spacial score (nSPS) is 23.5. The zero-order chi connectivity index (χ0) is 22.8. The van der Waals surface area contributed by atoms with E-state index in [4.69, 9.17) is 44.6 Å². The second kappa shape index (κ2) is 9.98. The van der Waals surface area contributed by atoms with Gasteiger partial charge in [-0.15, -0.1) is 0 Å². The van der Waals surface area contributed by atoms with Gasteiger partial charge in [0, 0.05) is 29.6 Å². The van der Waals surface area contributed by atoms with Crippen molar-refractivity contribution >= 4 is 52.1 Å². The highest BCUT2D eigenvalue weighted by molar-refractivity contribution is 6.41. The summed E-state index contributed by atoms with van der Waals surface area (Å²) in [6.07, 6.45) is 1.99. The van der Waals surface area contributed by atoms with E-state index in [-0.39, 0.29) is 23.9 Å². The maximum absolute atomic E-state index is 13.3. The molecule has 1 N–H and O–H groups in total. The van der Waals surface area contributed by atoms with Gasteiger partial charge in [-0.05, 0) is 48.7 Å². The Bertz CT molecular complexity index is 1010. The number of halogens is 3. The number of amides is 1. The van der Waals surface area contributed by atoms with Crippen LogP contribution in [0.15, 0.2) is 47.6 Å². The Labute approximate surface area is 203 Å². The maximum atomic E-state index is 13.3. The minimum atomic E-state index is -0.222. The van der Waals surface area contributed by atoms with Crippen molar-refractivity contribution in [2.75, 3.05) is 25.3 Å². The molecule has 1 fully saturated rings. The quantitative estimate of drug-likeness (QED) is 0.587. The topological polar surface area (TPSA) is 57.2 Å². The number of anilines is 1. The van der Waals surface area contributed by atoms with Gasteiger partial charge >= 0.3 is 0 Å². The van der Waals surface area contributed by atoms with Crippen molar-refractivity contribution in [3.05, 3.63) is 63.1 Å². The van der Waals surface area contributed by atoms with Crippen LogP contribution in [0.25, 0.3) is 0 Å². The number of ether oxygens (including phenoxy) is 1. The Kier molecular flexibility index (Phi) is 7.27. The van der Waals surface area contributed by atoms with Crippen LogP contribution in [0.4, 0.5) is 5.69 Å². The van der Waals surface area contributed by atoms with Gasteiger partial charge in [0.25, 0.3) is 5.91 Å². The van der Waals surface area contributed by atoms with Gasteiger partial charge in [-0.25, -0.2) is 5.01 Å². The summed E-state index contributed by atoms with van der Waals surface area (Å²) < 4.78 is 5.30. The van der Waals surface area contributed by atoms with Gasteiger partial charge in [0.05, 0.1) is 29.4 Å². The van der Waals surface area contributed by atoms with Gasteiger partial charge in [0.1, 0.15) is 5.71 Å². The highest BCUT2D eigenvalue weighted by Crippen LogP contribution is 2.42. The van der Waals surface area contributed by atoms with Gasteiger partial charge in [-0.3, -0.25) is 15.2 Å². The van der Waals surface area contributed by atoms with E-state index >= 15 is 0 Å². The molecule has 32 heavy (non-hydrogen) atoms. The summed E-state index contributed by atoms with van der Waals surface area (Å²) in [7, 11) is 1.67. The Hall–Kier alpha value is -1.83.